The van der Waals surface area contributed by atoms with E-state index in [-0.39, 0.29) is 0 Å². The van der Waals surface area contributed by atoms with Crippen molar-refractivity contribution in [1.82, 2.24) is 4.57 Å². The largest absolute Gasteiger partial charge is 0.417 e. The molecule has 24 heavy (non-hydrogen) atoms. The SMILES string of the molecule is COCCn1c(C)c(C)s/c1=N\C(=O)c1ccccc1C(F)(F)F. The zero-order valence-corrected chi connectivity index (χ0v) is 14.3. The van der Waals surface area contributed by atoms with E-state index in [0.717, 1.165) is 22.7 Å². The highest BCUT2D eigenvalue weighted by Gasteiger charge is 2.34. The van der Waals surface area contributed by atoms with Gasteiger partial charge in [-0.25, -0.2) is 0 Å². The molecule has 4 nitrogen and oxygen atoms in total. The number of amides is 1. The van der Waals surface area contributed by atoms with Gasteiger partial charge in [0, 0.05) is 24.2 Å². The van der Waals surface area contributed by atoms with Crippen molar-refractivity contribution in [2.75, 3.05) is 13.7 Å². The van der Waals surface area contributed by atoms with E-state index in [1.807, 2.05) is 13.8 Å². The van der Waals surface area contributed by atoms with Gasteiger partial charge in [-0.15, -0.1) is 11.3 Å². The lowest BCUT2D eigenvalue weighted by Gasteiger charge is -2.10. The van der Waals surface area contributed by atoms with Gasteiger partial charge < -0.3 is 9.30 Å². The highest BCUT2D eigenvalue weighted by atomic mass is 32.1. The third-order valence-corrected chi connectivity index (χ3v) is 4.66. The summed E-state index contributed by atoms with van der Waals surface area (Å²) in [6.07, 6.45) is -4.60. The molecule has 0 saturated carbocycles. The van der Waals surface area contributed by atoms with Crippen molar-refractivity contribution in [2.24, 2.45) is 4.99 Å². The number of aromatic nitrogens is 1. The number of aryl methyl sites for hydroxylation is 1. The van der Waals surface area contributed by atoms with Gasteiger partial charge in [0.1, 0.15) is 0 Å². The third kappa shape index (κ3) is 3.93. The van der Waals surface area contributed by atoms with Gasteiger partial charge in [-0.1, -0.05) is 12.1 Å². The molecular weight excluding hydrogens is 341 g/mol. The van der Waals surface area contributed by atoms with Gasteiger partial charge in [-0.3, -0.25) is 4.79 Å². The second-order valence-electron chi connectivity index (χ2n) is 5.13. The lowest BCUT2D eigenvalue weighted by atomic mass is 10.1. The number of ether oxygens (including phenoxy) is 1. The number of carbonyl (C=O) groups excluding carboxylic acids is 1. The smallest absolute Gasteiger partial charge is 0.383 e. The molecule has 8 heteroatoms. The molecular formula is C16H17F3N2O2S. The number of alkyl halides is 3. The zero-order valence-electron chi connectivity index (χ0n) is 13.5. The van der Waals surface area contributed by atoms with E-state index in [2.05, 4.69) is 4.99 Å². The summed E-state index contributed by atoms with van der Waals surface area (Å²) in [6, 6.07) is 4.66. The minimum Gasteiger partial charge on any atom is -0.383 e. The second-order valence-corrected chi connectivity index (χ2v) is 6.31. The molecule has 0 aliphatic rings. The van der Waals surface area contributed by atoms with Crippen molar-refractivity contribution in [1.29, 1.82) is 0 Å². The van der Waals surface area contributed by atoms with Crippen LogP contribution >= 0.6 is 11.3 Å². The minimum atomic E-state index is -4.60. The maximum atomic E-state index is 13.0. The Labute approximate surface area is 141 Å². The number of benzene rings is 1. The van der Waals surface area contributed by atoms with E-state index in [0.29, 0.717) is 18.0 Å². The fraction of sp³-hybridized carbons (Fsp3) is 0.375. The molecule has 0 aliphatic carbocycles. The van der Waals surface area contributed by atoms with Gasteiger partial charge in [-0.2, -0.15) is 18.2 Å². The van der Waals surface area contributed by atoms with E-state index < -0.39 is 23.2 Å². The van der Waals surface area contributed by atoms with Crippen LogP contribution in [-0.4, -0.2) is 24.2 Å². The van der Waals surface area contributed by atoms with E-state index >= 15 is 0 Å². The summed E-state index contributed by atoms with van der Waals surface area (Å²) in [7, 11) is 1.55. The molecule has 1 heterocycles. The standard InChI is InChI=1S/C16H17F3N2O2S/c1-10-11(2)24-15(21(10)8-9-23-3)20-14(22)12-6-4-5-7-13(12)16(17,18)19/h4-7H,8-9H2,1-3H3/b20-15-. The summed E-state index contributed by atoms with van der Waals surface area (Å²) >= 11 is 1.27. The van der Waals surface area contributed by atoms with Crippen LogP contribution in [0.25, 0.3) is 0 Å². The fourth-order valence-corrected chi connectivity index (χ4v) is 3.19. The Morgan fingerprint density at radius 1 is 1.29 bits per heavy atom. The number of hydrogen-bond donors (Lipinski definition) is 0. The molecule has 0 N–H and O–H groups in total. The van der Waals surface area contributed by atoms with Crippen molar-refractivity contribution in [3.8, 4) is 0 Å². The van der Waals surface area contributed by atoms with Gasteiger partial charge in [0.15, 0.2) is 4.80 Å². The first-order chi connectivity index (χ1) is 11.3. The first kappa shape index (κ1) is 18.4. The summed E-state index contributed by atoms with van der Waals surface area (Å²) in [5, 5.41) is 0. The molecule has 0 fully saturated rings. The molecule has 0 unspecified atom stereocenters. The van der Waals surface area contributed by atoms with Crippen LogP contribution in [0.4, 0.5) is 13.2 Å². The Morgan fingerprint density at radius 3 is 2.58 bits per heavy atom. The van der Waals surface area contributed by atoms with E-state index in [1.165, 1.54) is 23.5 Å². The van der Waals surface area contributed by atoms with Crippen LogP contribution in [0.3, 0.4) is 0 Å². The van der Waals surface area contributed by atoms with Crippen LogP contribution in [0, 0.1) is 13.8 Å². The summed E-state index contributed by atoms with van der Waals surface area (Å²) in [4.78, 5) is 17.6. The Kier molecular flexibility index (Phi) is 5.61. The number of halogens is 3. The number of rotatable bonds is 4. The number of methoxy groups -OCH3 is 1. The summed E-state index contributed by atoms with van der Waals surface area (Å²) in [6.45, 7) is 4.63. The van der Waals surface area contributed by atoms with Crippen molar-refractivity contribution < 1.29 is 22.7 Å². The van der Waals surface area contributed by atoms with Crippen LogP contribution < -0.4 is 4.80 Å². The summed E-state index contributed by atoms with van der Waals surface area (Å²) < 4.78 is 45.9. The number of thiazole rings is 1. The minimum absolute atomic E-state index is 0.365. The van der Waals surface area contributed by atoms with Gasteiger partial charge in [-0.05, 0) is 26.0 Å². The van der Waals surface area contributed by atoms with Crippen LogP contribution in [-0.2, 0) is 17.5 Å². The van der Waals surface area contributed by atoms with Crippen LogP contribution in [0.5, 0.6) is 0 Å². The van der Waals surface area contributed by atoms with Crippen molar-refractivity contribution >= 4 is 17.2 Å². The molecule has 0 atom stereocenters. The van der Waals surface area contributed by atoms with Crippen molar-refractivity contribution in [3.05, 3.63) is 50.8 Å². The van der Waals surface area contributed by atoms with Gasteiger partial charge >= 0.3 is 6.18 Å². The van der Waals surface area contributed by atoms with Gasteiger partial charge in [0.2, 0.25) is 0 Å². The molecule has 2 rings (SSSR count). The van der Waals surface area contributed by atoms with Crippen LogP contribution in [0.2, 0.25) is 0 Å². The quantitative estimate of drug-likeness (QED) is 0.839. The zero-order chi connectivity index (χ0) is 17.9. The monoisotopic (exact) mass is 358 g/mol. The van der Waals surface area contributed by atoms with Crippen molar-refractivity contribution in [3.63, 3.8) is 0 Å². The van der Waals surface area contributed by atoms with E-state index in [4.69, 9.17) is 4.74 Å². The molecule has 0 radical (unpaired) electrons. The average molecular weight is 358 g/mol. The number of carbonyl (C=O) groups is 1. The van der Waals surface area contributed by atoms with Gasteiger partial charge in [0.25, 0.3) is 5.91 Å². The molecule has 0 spiro atoms. The summed E-state index contributed by atoms with van der Waals surface area (Å²) in [5.41, 5.74) is -0.521. The molecule has 1 aromatic heterocycles. The van der Waals surface area contributed by atoms with Crippen molar-refractivity contribution in [2.45, 2.75) is 26.6 Å². The maximum Gasteiger partial charge on any atom is 0.417 e. The molecule has 0 saturated heterocycles. The molecule has 130 valence electrons. The van der Waals surface area contributed by atoms with Gasteiger partial charge in [0.05, 0.1) is 17.7 Å². The topological polar surface area (TPSA) is 43.6 Å². The maximum absolute atomic E-state index is 13.0. The molecule has 2 aromatic rings. The third-order valence-electron chi connectivity index (χ3n) is 3.57. The molecule has 1 amide bonds. The predicted molar refractivity (Wildman–Crippen MR) is 85.0 cm³/mol. The second kappa shape index (κ2) is 7.31. The first-order valence-corrected chi connectivity index (χ1v) is 7.98. The van der Waals surface area contributed by atoms with E-state index in [1.54, 1.807) is 11.7 Å². The lowest BCUT2D eigenvalue weighted by molar-refractivity contribution is -0.137. The first-order valence-electron chi connectivity index (χ1n) is 7.16. The highest BCUT2D eigenvalue weighted by molar-refractivity contribution is 7.09. The Balaban J connectivity index is 2.50. The lowest BCUT2D eigenvalue weighted by Crippen LogP contribution is -2.21. The molecule has 0 bridgehead atoms. The fourth-order valence-electron chi connectivity index (χ4n) is 2.19. The average Bonchev–Trinajstić information content (AvgIpc) is 2.78. The molecule has 1 aromatic carbocycles. The normalized spacial score (nSPS) is 12.7. The van der Waals surface area contributed by atoms with Crippen LogP contribution in [0.15, 0.2) is 29.3 Å². The Bertz CT molecular complexity index is 806. The van der Waals surface area contributed by atoms with Crippen LogP contribution in [0.1, 0.15) is 26.5 Å². The highest BCUT2D eigenvalue weighted by Crippen LogP contribution is 2.32. The Morgan fingerprint density at radius 2 is 1.96 bits per heavy atom. The predicted octanol–water partition coefficient (Wildman–Crippen LogP) is 3.57. The Hall–Kier alpha value is -1.93. The van der Waals surface area contributed by atoms with E-state index in [9.17, 15) is 18.0 Å². The number of hydrogen-bond acceptors (Lipinski definition) is 3. The number of nitrogens with zero attached hydrogens (tertiary/aromatic N) is 2. The summed E-state index contributed by atoms with van der Waals surface area (Å²) in [5.74, 6) is -0.907. The molecule has 0 aliphatic heterocycles.